The summed E-state index contributed by atoms with van der Waals surface area (Å²) in [6.07, 6.45) is 17.2. The normalized spacial score (nSPS) is 31.7. The molecule has 9 aliphatic rings. The third-order valence-electron chi connectivity index (χ3n) is 21.1. The van der Waals surface area contributed by atoms with Crippen LogP contribution in [0, 0.1) is 23.7 Å². The minimum Gasteiger partial charge on any atom is -0.456 e. The first-order valence-corrected chi connectivity index (χ1v) is 27.6. The van der Waals surface area contributed by atoms with Crippen molar-refractivity contribution >= 4 is 55.5 Å². The molecule has 0 amide bonds. The minimum absolute atomic E-state index is 0.0193. The zero-order valence-corrected chi connectivity index (χ0v) is 42.7. The highest BCUT2D eigenvalue weighted by Crippen LogP contribution is 2.71. The van der Waals surface area contributed by atoms with Gasteiger partial charge >= 0.3 is 0 Å². The Morgan fingerprint density at radius 3 is 1.65 bits per heavy atom. The quantitative estimate of drug-likeness (QED) is 0.172. The molecule has 4 atom stereocenters. The molecule has 16 rings (SSSR count). The summed E-state index contributed by atoms with van der Waals surface area (Å²) in [7, 11) is 0. The summed E-state index contributed by atoms with van der Waals surface area (Å²) in [6.45, 7) is 19.3. The van der Waals surface area contributed by atoms with Crippen LogP contribution < -0.4 is 9.80 Å². The Hall–Kier alpha value is -5.02. The van der Waals surface area contributed by atoms with Gasteiger partial charge in [-0.25, -0.2) is 0 Å². The molecule has 3 heteroatoms. The van der Waals surface area contributed by atoms with Crippen LogP contribution in [0.25, 0.3) is 43.8 Å². The van der Waals surface area contributed by atoms with Gasteiger partial charge in [0.1, 0.15) is 11.2 Å². The SMILES string of the molecule is CC(C)(C)c1ccc2c(c1)C1CCCCC1(C)N2c1ccc2c(c1)oc1cc3c(cc12)C1(c2c-3ccc3ccc(N4c5ccc(C(C)(C)C)cc5C5CCCCC54C)cc23)C2CC3CC(C2)CC1C3. The number of hydrogen-bond acceptors (Lipinski definition) is 3. The third-order valence-corrected chi connectivity index (χ3v) is 21.1. The number of rotatable bonds is 2. The van der Waals surface area contributed by atoms with E-state index in [1.54, 1.807) is 22.3 Å². The van der Waals surface area contributed by atoms with Crippen molar-refractivity contribution in [1.82, 2.24) is 0 Å². The molecule has 7 aromatic rings. The summed E-state index contributed by atoms with van der Waals surface area (Å²) >= 11 is 0. The van der Waals surface area contributed by atoms with Crippen LogP contribution in [0.4, 0.5) is 22.7 Å². The topological polar surface area (TPSA) is 19.6 Å². The summed E-state index contributed by atoms with van der Waals surface area (Å²) in [4.78, 5) is 5.55. The Kier molecular flexibility index (Phi) is 8.27. The summed E-state index contributed by atoms with van der Waals surface area (Å²) in [5.74, 6) is 4.22. The molecule has 6 aromatic carbocycles. The Bertz CT molecular complexity index is 3320. The number of fused-ring (bicyclic) bond motifs is 14. The van der Waals surface area contributed by atoms with Gasteiger partial charge in [0, 0.05) is 67.9 Å². The van der Waals surface area contributed by atoms with Gasteiger partial charge in [-0.1, -0.05) is 110 Å². The van der Waals surface area contributed by atoms with E-state index < -0.39 is 0 Å². The third kappa shape index (κ3) is 5.41. The highest BCUT2D eigenvalue weighted by atomic mass is 16.3. The molecular formula is C66H72N2O. The maximum absolute atomic E-state index is 7.17. The highest BCUT2D eigenvalue weighted by Gasteiger charge is 2.62. The van der Waals surface area contributed by atoms with E-state index in [1.165, 1.54) is 150 Å². The van der Waals surface area contributed by atoms with Crippen LogP contribution in [0.1, 0.15) is 184 Å². The van der Waals surface area contributed by atoms with Crippen molar-refractivity contribution in [2.24, 2.45) is 23.7 Å². The van der Waals surface area contributed by atoms with Gasteiger partial charge in [-0.15, -0.1) is 0 Å². The lowest BCUT2D eigenvalue weighted by atomic mass is 9.43. The van der Waals surface area contributed by atoms with E-state index >= 15 is 0 Å². The Balaban J connectivity index is 0.903. The smallest absolute Gasteiger partial charge is 0.137 e. The van der Waals surface area contributed by atoms with Crippen molar-refractivity contribution in [3.63, 3.8) is 0 Å². The van der Waals surface area contributed by atoms with Crippen molar-refractivity contribution in [2.45, 2.75) is 178 Å². The number of benzene rings is 6. The predicted octanol–water partition coefficient (Wildman–Crippen LogP) is 18.2. The molecule has 6 fully saturated rings. The number of hydrogen-bond donors (Lipinski definition) is 0. The van der Waals surface area contributed by atoms with Crippen molar-refractivity contribution in [3.05, 3.63) is 130 Å². The van der Waals surface area contributed by atoms with E-state index in [0.717, 1.165) is 23.0 Å². The fraction of sp³-hybridized carbons (Fsp3) is 0.485. The second kappa shape index (κ2) is 13.7. The van der Waals surface area contributed by atoms with E-state index in [-0.39, 0.29) is 27.3 Å². The van der Waals surface area contributed by atoms with Crippen LogP contribution in [0.5, 0.6) is 0 Å². The van der Waals surface area contributed by atoms with Gasteiger partial charge in [-0.2, -0.15) is 0 Å². The van der Waals surface area contributed by atoms with E-state index in [9.17, 15) is 0 Å². The molecule has 0 saturated heterocycles. The summed E-state index contributed by atoms with van der Waals surface area (Å²) in [5.41, 5.74) is 20.2. The molecule has 6 saturated carbocycles. The maximum Gasteiger partial charge on any atom is 0.137 e. The first-order chi connectivity index (χ1) is 33.1. The van der Waals surface area contributed by atoms with Gasteiger partial charge < -0.3 is 14.2 Å². The fourth-order valence-electron chi connectivity index (χ4n) is 18.1. The minimum atomic E-state index is 0.0193. The predicted molar refractivity (Wildman–Crippen MR) is 288 cm³/mol. The average Bonchev–Trinajstić information content (AvgIpc) is 3.99. The standard InChI is InChI=1S/C66H72N2O/c1-62(2,3)41-17-23-57-52(32-41)54-13-9-11-25-64(54,7)67(57)45-19-15-40-16-21-48-50-37-60-51(36-56(50)66(61(48)49(40)34-45)43-28-38-27-39(30-43)31-44(66)29-38)47-22-20-46(35-59(47)69-60)68-58-24-18-42(63(4,5)6)33-53(58)55-14-10-12-26-65(55,68)8/h15-24,32-39,43-44,54-55H,9-14,25-31H2,1-8H3. The zero-order valence-electron chi connectivity index (χ0n) is 42.7. The molecule has 7 aliphatic carbocycles. The summed E-state index contributed by atoms with van der Waals surface area (Å²) in [6, 6.07) is 40.1. The number of furan rings is 1. The molecule has 1 aromatic heterocycles. The Morgan fingerprint density at radius 2 is 1.06 bits per heavy atom. The molecule has 2 aliphatic heterocycles. The molecule has 69 heavy (non-hydrogen) atoms. The van der Waals surface area contributed by atoms with Gasteiger partial charge in [-0.05, 0) is 210 Å². The monoisotopic (exact) mass is 909 g/mol. The van der Waals surface area contributed by atoms with Crippen LogP contribution in [0.15, 0.2) is 101 Å². The highest BCUT2D eigenvalue weighted by molar-refractivity contribution is 6.10. The maximum atomic E-state index is 7.17. The first-order valence-electron chi connectivity index (χ1n) is 27.6. The van der Waals surface area contributed by atoms with E-state index in [0.29, 0.717) is 23.7 Å². The lowest BCUT2D eigenvalue weighted by molar-refractivity contribution is -0.0393. The Labute approximate surface area is 411 Å². The molecule has 352 valence electrons. The van der Waals surface area contributed by atoms with Gasteiger partial charge in [-0.3, -0.25) is 0 Å². The van der Waals surface area contributed by atoms with E-state index in [1.807, 2.05) is 0 Å². The van der Waals surface area contributed by atoms with Crippen LogP contribution >= 0.6 is 0 Å². The number of anilines is 4. The van der Waals surface area contributed by atoms with Gasteiger partial charge in [0.2, 0.25) is 0 Å². The molecule has 0 N–H and O–H groups in total. The van der Waals surface area contributed by atoms with Gasteiger partial charge in [0.25, 0.3) is 0 Å². The summed E-state index contributed by atoms with van der Waals surface area (Å²) < 4.78 is 7.17. The zero-order chi connectivity index (χ0) is 46.7. The Morgan fingerprint density at radius 1 is 0.507 bits per heavy atom. The van der Waals surface area contributed by atoms with E-state index in [4.69, 9.17) is 4.42 Å². The summed E-state index contributed by atoms with van der Waals surface area (Å²) in [5, 5.41) is 5.48. The lowest BCUT2D eigenvalue weighted by Crippen LogP contribution is -2.55. The van der Waals surface area contributed by atoms with Crippen molar-refractivity contribution < 1.29 is 4.42 Å². The lowest BCUT2D eigenvalue weighted by Gasteiger charge is -2.61. The van der Waals surface area contributed by atoms with E-state index in [2.05, 4.69) is 162 Å². The second-order valence-electron chi connectivity index (χ2n) is 26.8. The molecule has 3 heterocycles. The van der Waals surface area contributed by atoms with Crippen molar-refractivity contribution in [1.29, 1.82) is 0 Å². The molecule has 0 radical (unpaired) electrons. The fourth-order valence-corrected chi connectivity index (χ4v) is 18.1. The van der Waals surface area contributed by atoms with Crippen molar-refractivity contribution in [2.75, 3.05) is 9.80 Å². The van der Waals surface area contributed by atoms with Crippen LogP contribution in [-0.2, 0) is 16.2 Å². The molecule has 3 nitrogen and oxygen atoms in total. The molecular weight excluding hydrogens is 837 g/mol. The van der Waals surface area contributed by atoms with Gasteiger partial charge in [0.05, 0.1) is 0 Å². The van der Waals surface area contributed by atoms with Crippen LogP contribution in [0.3, 0.4) is 0 Å². The van der Waals surface area contributed by atoms with Crippen LogP contribution in [-0.4, -0.2) is 11.1 Å². The first kappa shape index (κ1) is 41.7. The molecule has 1 spiro atoms. The second-order valence-corrected chi connectivity index (χ2v) is 26.8. The molecule has 4 unspecified atom stereocenters. The molecule has 4 bridgehead atoms. The van der Waals surface area contributed by atoms with Crippen LogP contribution in [0.2, 0.25) is 0 Å². The largest absolute Gasteiger partial charge is 0.456 e. The number of nitrogens with zero attached hydrogens (tertiary/aromatic N) is 2. The van der Waals surface area contributed by atoms with Crippen molar-refractivity contribution in [3.8, 4) is 11.1 Å². The van der Waals surface area contributed by atoms with Gasteiger partial charge in [0.15, 0.2) is 0 Å². The average molecular weight is 909 g/mol.